The summed E-state index contributed by atoms with van der Waals surface area (Å²) in [6.07, 6.45) is -2.97. The molecule has 0 spiro atoms. The van der Waals surface area contributed by atoms with Gasteiger partial charge in [-0.15, -0.1) is 0 Å². The fraction of sp³-hybridized carbons (Fsp3) is 0.462. The minimum absolute atomic E-state index is 0.178. The van der Waals surface area contributed by atoms with Crippen molar-refractivity contribution in [2.75, 3.05) is 5.32 Å². The first-order chi connectivity index (χ1) is 9.33. The Morgan fingerprint density at radius 3 is 2.90 bits per heavy atom. The number of nitrogens with one attached hydrogen (secondary N) is 2. The number of para-hydroxylation sites is 1. The highest BCUT2D eigenvalue weighted by atomic mass is 35.5. The van der Waals surface area contributed by atoms with E-state index >= 15 is 0 Å². The van der Waals surface area contributed by atoms with Crippen LogP contribution in [0.25, 0.3) is 0 Å². The molecule has 1 fully saturated rings. The molecular weight excluding hydrogens is 293 g/mol. The molecule has 1 heterocycles. The molecule has 108 valence electrons. The van der Waals surface area contributed by atoms with E-state index in [1.165, 1.54) is 0 Å². The Morgan fingerprint density at radius 2 is 2.20 bits per heavy atom. The summed E-state index contributed by atoms with van der Waals surface area (Å²) in [5.41, 5.74) is 0.429. The van der Waals surface area contributed by atoms with Crippen LogP contribution in [0.4, 0.5) is 18.9 Å². The summed E-state index contributed by atoms with van der Waals surface area (Å²) in [7, 11) is 0. The van der Waals surface area contributed by atoms with Gasteiger partial charge >= 0.3 is 12.1 Å². The maximum absolute atomic E-state index is 12.5. The molecule has 2 atom stereocenters. The highest BCUT2D eigenvalue weighted by molar-refractivity contribution is 6.33. The zero-order chi connectivity index (χ0) is 14.5. The molecule has 1 aliphatic heterocycles. The van der Waals surface area contributed by atoms with E-state index in [1.807, 2.05) is 6.07 Å². The minimum atomic E-state index is -4.89. The summed E-state index contributed by atoms with van der Waals surface area (Å²) >= 11 is 6.07. The van der Waals surface area contributed by atoms with Crippen LogP contribution in [0.15, 0.2) is 18.2 Å². The zero-order valence-electron chi connectivity index (χ0n) is 10.4. The number of carbonyl (C=O) groups excluding carboxylic acids is 1. The zero-order valence-corrected chi connectivity index (χ0v) is 11.1. The summed E-state index contributed by atoms with van der Waals surface area (Å²) in [5, 5.41) is 5.61. The van der Waals surface area contributed by atoms with Gasteiger partial charge in [-0.2, -0.15) is 13.2 Å². The number of alkyl halides is 3. The first-order valence-electron chi connectivity index (χ1n) is 6.29. The van der Waals surface area contributed by atoms with Crippen molar-refractivity contribution >= 4 is 23.2 Å². The van der Waals surface area contributed by atoms with Crippen LogP contribution in [-0.2, 0) is 4.79 Å². The quantitative estimate of drug-likeness (QED) is 0.835. The molecular formula is C13H12ClF3N2O. The highest BCUT2D eigenvalue weighted by Gasteiger charge is 2.53. The molecule has 1 amide bonds. The molecule has 0 saturated heterocycles. The second-order valence-corrected chi connectivity index (χ2v) is 5.60. The molecule has 1 aliphatic carbocycles. The lowest BCUT2D eigenvalue weighted by atomic mass is 9.92. The first-order valence-corrected chi connectivity index (χ1v) is 6.67. The average Bonchev–Trinajstić information content (AvgIpc) is 2.85. The van der Waals surface area contributed by atoms with Crippen LogP contribution in [0, 0.1) is 0 Å². The van der Waals surface area contributed by atoms with Gasteiger partial charge in [-0.25, -0.2) is 0 Å². The van der Waals surface area contributed by atoms with Gasteiger partial charge in [0.25, 0.3) is 0 Å². The van der Waals surface area contributed by atoms with E-state index in [0.717, 1.165) is 18.4 Å². The number of carbonyl (C=O) groups is 1. The molecule has 2 aliphatic rings. The second-order valence-electron chi connectivity index (χ2n) is 5.20. The third-order valence-electron chi connectivity index (χ3n) is 4.02. The van der Waals surface area contributed by atoms with E-state index in [2.05, 4.69) is 10.6 Å². The standard InChI is InChI=1S/C13H12ClF3N2O/c14-9-5-1-3-7-8-4-2-6-12(8,18-10(7)9)19-11(20)13(15,16)17/h1,3,5,8,18H,2,4,6H2,(H,19,20)/t8-,12+/m0/s1. The second kappa shape index (κ2) is 4.28. The van der Waals surface area contributed by atoms with Crippen molar-refractivity contribution in [1.82, 2.24) is 5.32 Å². The van der Waals surface area contributed by atoms with E-state index in [1.54, 1.807) is 12.1 Å². The Balaban J connectivity index is 1.95. The topological polar surface area (TPSA) is 41.1 Å². The summed E-state index contributed by atoms with van der Waals surface area (Å²) in [6.45, 7) is 0. The third kappa shape index (κ3) is 1.93. The Kier molecular flexibility index (Phi) is 2.90. The average molecular weight is 305 g/mol. The van der Waals surface area contributed by atoms with Gasteiger partial charge in [0.2, 0.25) is 0 Å². The Labute approximate surface area is 118 Å². The van der Waals surface area contributed by atoms with Gasteiger partial charge in [0.15, 0.2) is 0 Å². The highest BCUT2D eigenvalue weighted by Crippen LogP contribution is 2.53. The van der Waals surface area contributed by atoms with Crippen molar-refractivity contribution in [3.63, 3.8) is 0 Å². The minimum Gasteiger partial charge on any atom is -0.361 e. The van der Waals surface area contributed by atoms with Gasteiger partial charge in [0.1, 0.15) is 5.66 Å². The maximum Gasteiger partial charge on any atom is 0.471 e. The molecule has 1 aromatic rings. The SMILES string of the molecule is O=C(N[C@]12CCC[C@H]1c1cccc(Cl)c1N2)C(F)(F)F. The molecule has 3 rings (SSSR count). The van der Waals surface area contributed by atoms with Crippen molar-refractivity contribution in [1.29, 1.82) is 0 Å². The van der Waals surface area contributed by atoms with Crippen molar-refractivity contribution in [2.45, 2.75) is 37.0 Å². The van der Waals surface area contributed by atoms with Crippen LogP contribution in [-0.4, -0.2) is 17.7 Å². The molecule has 0 bridgehead atoms. The monoisotopic (exact) mass is 304 g/mol. The number of halogens is 4. The lowest BCUT2D eigenvalue weighted by Gasteiger charge is -2.32. The fourth-order valence-electron chi connectivity index (χ4n) is 3.22. The van der Waals surface area contributed by atoms with Crippen LogP contribution in [0.3, 0.4) is 0 Å². The van der Waals surface area contributed by atoms with Crippen molar-refractivity contribution < 1.29 is 18.0 Å². The van der Waals surface area contributed by atoms with E-state index in [-0.39, 0.29) is 5.92 Å². The molecule has 2 N–H and O–H groups in total. The van der Waals surface area contributed by atoms with E-state index in [0.29, 0.717) is 17.1 Å². The summed E-state index contributed by atoms with van der Waals surface area (Å²) in [5.74, 6) is -2.09. The number of anilines is 1. The van der Waals surface area contributed by atoms with Gasteiger partial charge in [-0.1, -0.05) is 23.7 Å². The normalized spacial score (nSPS) is 27.7. The molecule has 0 unspecified atom stereocenters. The lowest BCUT2D eigenvalue weighted by molar-refractivity contribution is -0.175. The van der Waals surface area contributed by atoms with Crippen molar-refractivity contribution in [3.05, 3.63) is 28.8 Å². The predicted octanol–water partition coefficient (Wildman–Crippen LogP) is 3.41. The predicted molar refractivity (Wildman–Crippen MR) is 68.6 cm³/mol. The smallest absolute Gasteiger partial charge is 0.361 e. The van der Waals surface area contributed by atoms with Gasteiger partial charge in [-0.05, 0) is 30.9 Å². The number of hydrogen-bond donors (Lipinski definition) is 2. The summed E-state index contributed by atoms with van der Waals surface area (Å²) < 4.78 is 37.5. The van der Waals surface area contributed by atoms with E-state index < -0.39 is 17.7 Å². The van der Waals surface area contributed by atoms with Crippen molar-refractivity contribution in [3.8, 4) is 0 Å². The largest absolute Gasteiger partial charge is 0.471 e. The number of fused-ring (bicyclic) bond motifs is 3. The Hall–Kier alpha value is -1.43. The number of hydrogen-bond acceptors (Lipinski definition) is 2. The van der Waals surface area contributed by atoms with Crippen LogP contribution >= 0.6 is 11.6 Å². The Bertz CT molecular complexity index is 575. The molecule has 1 aromatic carbocycles. The van der Waals surface area contributed by atoms with E-state index in [4.69, 9.17) is 11.6 Å². The molecule has 0 radical (unpaired) electrons. The van der Waals surface area contributed by atoms with Gasteiger partial charge in [-0.3, -0.25) is 4.79 Å². The van der Waals surface area contributed by atoms with Gasteiger partial charge in [0.05, 0.1) is 10.7 Å². The van der Waals surface area contributed by atoms with Crippen LogP contribution in [0.5, 0.6) is 0 Å². The maximum atomic E-state index is 12.5. The number of benzene rings is 1. The summed E-state index contributed by atoms with van der Waals surface area (Å²) in [6, 6.07) is 5.28. The van der Waals surface area contributed by atoms with Gasteiger partial charge < -0.3 is 10.6 Å². The van der Waals surface area contributed by atoms with Crippen LogP contribution in [0.1, 0.15) is 30.7 Å². The molecule has 7 heteroatoms. The molecule has 3 nitrogen and oxygen atoms in total. The van der Waals surface area contributed by atoms with Gasteiger partial charge in [0, 0.05) is 5.92 Å². The Morgan fingerprint density at radius 1 is 1.45 bits per heavy atom. The van der Waals surface area contributed by atoms with Crippen LogP contribution in [0.2, 0.25) is 5.02 Å². The molecule has 1 saturated carbocycles. The molecule has 0 aromatic heterocycles. The van der Waals surface area contributed by atoms with Crippen molar-refractivity contribution in [2.24, 2.45) is 0 Å². The number of amides is 1. The molecule has 20 heavy (non-hydrogen) atoms. The van der Waals surface area contributed by atoms with Crippen LogP contribution < -0.4 is 10.6 Å². The van der Waals surface area contributed by atoms with E-state index in [9.17, 15) is 18.0 Å². The first kappa shape index (κ1) is 13.5. The number of rotatable bonds is 1. The third-order valence-corrected chi connectivity index (χ3v) is 4.34. The lowest BCUT2D eigenvalue weighted by Crippen LogP contribution is -2.56. The summed E-state index contributed by atoms with van der Waals surface area (Å²) in [4.78, 5) is 11.3. The fourth-order valence-corrected chi connectivity index (χ4v) is 3.45.